The van der Waals surface area contributed by atoms with E-state index in [1.807, 2.05) is 26.0 Å². The SMILES string of the molecule is CCCNC(=O)CNC(=O)Nc1ccc(C)cc1Br. The number of aryl methyl sites for hydroxylation is 1. The maximum absolute atomic E-state index is 11.6. The smallest absolute Gasteiger partial charge is 0.319 e. The van der Waals surface area contributed by atoms with Gasteiger partial charge in [-0.1, -0.05) is 13.0 Å². The van der Waals surface area contributed by atoms with E-state index in [2.05, 4.69) is 31.9 Å². The standard InChI is InChI=1S/C13H18BrN3O2/c1-3-6-15-12(18)8-16-13(19)17-11-5-4-9(2)7-10(11)14/h4-5,7H,3,6,8H2,1-2H3,(H,15,18)(H2,16,17,19). The molecule has 0 unspecified atom stereocenters. The first-order valence-corrected chi connectivity index (χ1v) is 6.90. The van der Waals surface area contributed by atoms with Gasteiger partial charge in [-0.3, -0.25) is 4.79 Å². The Morgan fingerprint density at radius 3 is 2.63 bits per heavy atom. The number of hydrogen-bond acceptors (Lipinski definition) is 2. The normalized spacial score (nSPS) is 9.84. The minimum Gasteiger partial charge on any atom is -0.355 e. The summed E-state index contributed by atoms with van der Waals surface area (Å²) in [5.41, 5.74) is 1.76. The zero-order valence-electron chi connectivity index (χ0n) is 11.0. The Bertz CT molecular complexity index is 463. The van der Waals surface area contributed by atoms with Crippen molar-refractivity contribution in [1.29, 1.82) is 0 Å². The third kappa shape index (κ3) is 5.74. The number of rotatable bonds is 5. The van der Waals surface area contributed by atoms with Crippen LogP contribution in [0.15, 0.2) is 22.7 Å². The Morgan fingerprint density at radius 2 is 2.00 bits per heavy atom. The summed E-state index contributed by atoms with van der Waals surface area (Å²) in [5, 5.41) is 7.85. The molecule has 3 N–H and O–H groups in total. The molecule has 1 aromatic carbocycles. The largest absolute Gasteiger partial charge is 0.355 e. The van der Waals surface area contributed by atoms with Crippen molar-refractivity contribution in [1.82, 2.24) is 10.6 Å². The predicted molar refractivity (Wildman–Crippen MR) is 79.2 cm³/mol. The molecule has 0 radical (unpaired) electrons. The first-order chi connectivity index (χ1) is 9.02. The number of carbonyl (C=O) groups excluding carboxylic acids is 2. The molecule has 3 amide bonds. The zero-order valence-corrected chi connectivity index (χ0v) is 12.6. The average molecular weight is 328 g/mol. The fourth-order valence-electron chi connectivity index (χ4n) is 1.38. The summed E-state index contributed by atoms with van der Waals surface area (Å²) in [4.78, 5) is 22.9. The first-order valence-electron chi connectivity index (χ1n) is 6.10. The highest BCUT2D eigenvalue weighted by atomic mass is 79.9. The second-order valence-corrected chi connectivity index (χ2v) is 5.00. The molecule has 6 heteroatoms. The highest BCUT2D eigenvalue weighted by Crippen LogP contribution is 2.22. The molecule has 0 atom stereocenters. The number of hydrogen-bond donors (Lipinski definition) is 3. The van der Waals surface area contributed by atoms with Gasteiger partial charge < -0.3 is 16.0 Å². The number of halogens is 1. The van der Waals surface area contributed by atoms with Crippen molar-refractivity contribution in [3.63, 3.8) is 0 Å². The van der Waals surface area contributed by atoms with Crippen LogP contribution < -0.4 is 16.0 Å². The summed E-state index contributed by atoms with van der Waals surface area (Å²) in [6, 6.07) is 5.20. The second kappa shape index (κ2) is 7.78. The summed E-state index contributed by atoms with van der Waals surface area (Å²) >= 11 is 3.37. The van der Waals surface area contributed by atoms with E-state index in [0.29, 0.717) is 12.2 Å². The zero-order chi connectivity index (χ0) is 14.3. The number of urea groups is 1. The fourth-order valence-corrected chi connectivity index (χ4v) is 1.97. The van der Waals surface area contributed by atoms with E-state index in [0.717, 1.165) is 16.5 Å². The van der Waals surface area contributed by atoms with Crippen molar-refractivity contribution in [3.05, 3.63) is 28.2 Å². The lowest BCUT2D eigenvalue weighted by Crippen LogP contribution is -2.39. The maximum atomic E-state index is 11.6. The number of anilines is 1. The van der Waals surface area contributed by atoms with E-state index < -0.39 is 6.03 Å². The molecule has 0 saturated heterocycles. The van der Waals surface area contributed by atoms with Gasteiger partial charge in [0.15, 0.2) is 0 Å². The topological polar surface area (TPSA) is 70.2 Å². The van der Waals surface area contributed by atoms with Gasteiger partial charge in [0.2, 0.25) is 5.91 Å². The molecule has 5 nitrogen and oxygen atoms in total. The van der Waals surface area contributed by atoms with Crippen LogP contribution in [0.2, 0.25) is 0 Å². The van der Waals surface area contributed by atoms with Crippen LogP contribution in [-0.2, 0) is 4.79 Å². The van der Waals surface area contributed by atoms with Crippen LogP contribution in [0.4, 0.5) is 10.5 Å². The average Bonchev–Trinajstić information content (AvgIpc) is 2.37. The van der Waals surface area contributed by atoms with Crippen LogP contribution in [-0.4, -0.2) is 25.0 Å². The van der Waals surface area contributed by atoms with E-state index in [1.54, 1.807) is 6.07 Å². The quantitative estimate of drug-likeness (QED) is 0.777. The van der Waals surface area contributed by atoms with Crippen LogP contribution in [0, 0.1) is 6.92 Å². The Morgan fingerprint density at radius 1 is 1.26 bits per heavy atom. The van der Waals surface area contributed by atoms with E-state index in [9.17, 15) is 9.59 Å². The Hall–Kier alpha value is -1.56. The van der Waals surface area contributed by atoms with Gasteiger partial charge in [-0.25, -0.2) is 4.79 Å². The van der Waals surface area contributed by atoms with Crippen molar-refractivity contribution >= 4 is 33.6 Å². The van der Waals surface area contributed by atoms with Crippen LogP contribution in [0.1, 0.15) is 18.9 Å². The highest BCUT2D eigenvalue weighted by molar-refractivity contribution is 9.10. The van der Waals surface area contributed by atoms with Gasteiger partial charge in [0.05, 0.1) is 12.2 Å². The van der Waals surface area contributed by atoms with Crippen LogP contribution in [0.25, 0.3) is 0 Å². The summed E-state index contributed by atoms with van der Waals surface area (Å²) in [7, 11) is 0. The van der Waals surface area contributed by atoms with Gasteiger partial charge in [-0.2, -0.15) is 0 Å². The highest BCUT2D eigenvalue weighted by Gasteiger charge is 2.07. The van der Waals surface area contributed by atoms with Gasteiger partial charge >= 0.3 is 6.03 Å². The number of benzene rings is 1. The van der Waals surface area contributed by atoms with Crippen molar-refractivity contribution in [2.75, 3.05) is 18.4 Å². The van der Waals surface area contributed by atoms with Gasteiger partial charge in [-0.15, -0.1) is 0 Å². The maximum Gasteiger partial charge on any atom is 0.319 e. The molecule has 1 aromatic rings. The van der Waals surface area contributed by atoms with E-state index in [-0.39, 0.29) is 12.5 Å². The summed E-state index contributed by atoms with van der Waals surface area (Å²) in [6.07, 6.45) is 0.869. The number of nitrogens with one attached hydrogen (secondary N) is 3. The van der Waals surface area contributed by atoms with Crippen LogP contribution >= 0.6 is 15.9 Å². The summed E-state index contributed by atoms with van der Waals surface area (Å²) < 4.78 is 0.804. The van der Waals surface area contributed by atoms with E-state index in [4.69, 9.17) is 0 Å². The lowest BCUT2D eigenvalue weighted by molar-refractivity contribution is -0.120. The Balaban J connectivity index is 2.41. The Kier molecular flexibility index (Phi) is 6.35. The molecule has 0 aliphatic heterocycles. The second-order valence-electron chi connectivity index (χ2n) is 4.14. The van der Waals surface area contributed by atoms with Crippen molar-refractivity contribution in [3.8, 4) is 0 Å². The lowest BCUT2D eigenvalue weighted by atomic mass is 10.2. The molecular weight excluding hydrogens is 310 g/mol. The molecule has 0 bridgehead atoms. The molecule has 1 rings (SSSR count). The number of amides is 3. The number of carbonyl (C=O) groups is 2. The molecule has 0 aliphatic carbocycles. The first kappa shape index (κ1) is 15.5. The van der Waals surface area contributed by atoms with Crippen LogP contribution in [0.5, 0.6) is 0 Å². The molecule has 0 aliphatic rings. The van der Waals surface area contributed by atoms with Gasteiger partial charge in [-0.05, 0) is 47.0 Å². The van der Waals surface area contributed by atoms with Crippen molar-refractivity contribution < 1.29 is 9.59 Å². The molecule has 104 valence electrons. The predicted octanol–water partition coefficient (Wildman–Crippen LogP) is 2.41. The summed E-state index contributed by atoms with van der Waals surface area (Å²) in [6.45, 7) is 4.52. The Labute approximate surface area is 121 Å². The summed E-state index contributed by atoms with van der Waals surface area (Å²) in [5.74, 6) is -0.194. The van der Waals surface area contributed by atoms with Gasteiger partial charge in [0, 0.05) is 11.0 Å². The minimum absolute atomic E-state index is 0.0324. The van der Waals surface area contributed by atoms with Crippen LogP contribution in [0.3, 0.4) is 0 Å². The molecule has 19 heavy (non-hydrogen) atoms. The van der Waals surface area contributed by atoms with Crippen molar-refractivity contribution in [2.24, 2.45) is 0 Å². The monoisotopic (exact) mass is 327 g/mol. The molecule has 0 fully saturated rings. The third-order valence-electron chi connectivity index (χ3n) is 2.35. The minimum atomic E-state index is -0.406. The van der Waals surface area contributed by atoms with E-state index >= 15 is 0 Å². The molecule has 0 saturated carbocycles. The van der Waals surface area contributed by atoms with E-state index in [1.165, 1.54) is 0 Å². The molecule has 0 aromatic heterocycles. The third-order valence-corrected chi connectivity index (χ3v) is 3.01. The van der Waals surface area contributed by atoms with Gasteiger partial charge in [0.1, 0.15) is 0 Å². The van der Waals surface area contributed by atoms with Crippen molar-refractivity contribution in [2.45, 2.75) is 20.3 Å². The molecular formula is C13H18BrN3O2. The lowest BCUT2D eigenvalue weighted by Gasteiger charge is -2.09. The molecule has 0 spiro atoms. The fraction of sp³-hybridized carbons (Fsp3) is 0.385. The van der Waals surface area contributed by atoms with Gasteiger partial charge in [0.25, 0.3) is 0 Å². The molecule has 0 heterocycles.